The van der Waals surface area contributed by atoms with Crippen molar-refractivity contribution in [3.05, 3.63) is 5.01 Å². The van der Waals surface area contributed by atoms with Gasteiger partial charge in [0, 0.05) is 12.1 Å². The van der Waals surface area contributed by atoms with Gasteiger partial charge < -0.3 is 10.6 Å². The summed E-state index contributed by atoms with van der Waals surface area (Å²) in [5.41, 5.74) is -0.0267. The van der Waals surface area contributed by atoms with Crippen LogP contribution in [0.5, 0.6) is 0 Å². The zero-order valence-corrected chi connectivity index (χ0v) is 10.4. The first-order valence-corrected chi connectivity index (χ1v) is 6.34. The second-order valence-electron chi connectivity index (χ2n) is 4.31. The predicted octanol–water partition coefficient (Wildman–Crippen LogP) is 1.64. The normalized spacial score (nSPS) is 17.6. The standard InChI is InChI=1S/C10H16N4OS/c1-3-11-9-14-13-8(16-9)7(15)12-10(2)5-4-6-10/h3-6H2,1-2H3,(H,11,14)(H,12,15). The Balaban J connectivity index is 1.97. The van der Waals surface area contributed by atoms with E-state index in [0.717, 1.165) is 19.4 Å². The molecule has 1 aliphatic rings. The Kier molecular flexibility index (Phi) is 3.09. The van der Waals surface area contributed by atoms with Gasteiger partial charge in [0.2, 0.25) is 10.1 Å². The smallest absolute Gasteiger partial charge is 0.282 e. The minimum Gasteiger partial charge on any atom is -0.360 e. The number of carbonyl (C=O) groups is 1. The Bertz CT molecular complexity index is 386. The highest BCUT2D eigenvalue weighted by atomic mass is 32.1. The molecule has 1 aliphatic carbocycles. The van der Waals surface area contributed by atoms with Crippen LogP contribution in [0, 0.1) is 0 Å². The molecule has 1 amide bonds. The quantitative estimate of drug-likeness (QED) is 0.839. The number of aromatic nitrogens is 2. The Hall–Kier alpha value is -1.17. The second-order valence-corrected chi connectivity index (χ2v) is 5.29. The number of hydrogen-bond donors (Lipinski definition) is 2. The van der Waals surface area contributed by atoms with Gasteiger partial charge in [0.15, 0.2) is 0 Å². The van der Waals surface area contributed by atoms with Crippen molar-refractivity contribution in [2.24, 2.45) is 0 Å². The molecule has 1 saturated carbocycles. The fourth-order valence-electron chi connectivity index (χ4n) is 1.70. The van der Waals surface area contributed by atoms with Crippen LogP contribution in [-0.2, 0) is 0 Å². The summed E-state index contributed by atoms with van der Waals surface area (Å²) < 4.78 is 0. The highest BCUT2D eigenvalue weighted by Gasteiger charge is 2.34. The van der Waals surface area contributed by atoms with Crippen LogP contribution in [0.2, 0.25) is 0 Å². The number of nitrogens with one attached hydrogen (secondary N) is 2. The van der Waals surface area contributed by atoms with E-state index in [0.29, 0.717) is 10.1 Å². The first kappa shape index (κ1) is 11.3. The number of carbonyl (C=O) groups excluding carboxylic acids is 1. The molecule has 0 bridgehead atoms. The van der Waals surface area contributed by atoms with E-state index in [-0.39, 0.29) is 11.4 Å². The predicted molar refractivity (Wildman–Crippen MR) is 63.8 cm³/mol. The molecule has 1 fully saturated rings. The molecule has 0 radical (unpaired) electrons. The summed E-state index contributed by atoms with van der Waals surface area (Å²) in [6, 6.07) is 0. The molecule has 0 spiro atoms. The molecule has 2 N–H and O–H groups in total. The van der Waals surface area contributed by atoms with Gasteiger partial charge in [-0.05, 0) is 33.1 Å². The molecule has 1 aromatic rings. The lowest BCUT2D eigenvalue weighted by Gasteiger charge is -2.38. The number of rotatable bonds is 4. The minimum atomic E-state index is -0.108. The molecular formula is C10H16N4OS. The fourth-order valence-corrected chi connectivity index (χ4v) is 2.40. The van der Waals surface area contributed by atoms with E-state index in [9.17, 15) is 4.79 Å². The molecule has 2 rings (SSSR count). The van der Waals surface area contributed by atoms with Crippen molar-refractivity contribution in [3.8, 4) is 0 Å². The van der Waals surface area contributed by atoms with Gasteiger partial charge in [0.05, 0.1) is 0 Å². The number of anilines is 1. The van der Waals surface area contributed by atoms with Crippen molar-refractivity contribution in [2.45, 2.75) is 38.6 Å². The van der Waals surface area contributed by atoms with Crippen molar-refractivity contribution in [3.63, 3.8) is 0 Å². The molecule has 6 heteroatoms. The molecule has 0 saturated heterocycles. The fraction of sp³-hybridized carbons (Fsp3) is 0.700. The van der Waals surface area contributed by atoms with E-state index in [4.69, 9.17) is 0 Å². The second kappa shape index (κ2) is 4.37. The zero-order valence-electron chi connectivity index (χ0n) is 9.54. The van der Waals surface area contributed by atoms with Crippen LogP contribution in [-0.4, -0.2) is 28.2 Å². The average molecular weight is 240 g/mol. The molecule has 88 valence electrons. The third-order valence-corrected chi connectivity index (χ3v) is 3.70. The molecule has 16 heavy (non-hydrogen) atoms. The monoisotopic (exact) mass is 240 g/mol. The van der Waals surface area contributed by atoms with Gasteiger partial charge in [-0.1, -0.05) is 11.3 Å². The maximum Gasteiger partial charge on any atom is 0.282 e. The van der Waals surface area contributed by atoms with Gasteiger partial charge in [0.1, 0.15) is 0 Å². The molecular weight excluding hydrogens is 224 g/mol. The summed E-state index contributed by atoms with van der Waals surface area (Å²) in [6.45, 7) is 4.84. The van der Waals surface area contributed by atoms with E-state index in [1.807, 2.05) is 6.92 Å². The Labute approximate surface area is 98.7 Å². The van der Waals surface area contributed by atoms with Crippen LogP contribution in [0.3, 0.4) is 0 Å². The van der Waals surface area contributed by atoms with E-state index in [1.165, 1.54) is 17.8 Å². The van der Waals surface area contributed by atoms with Crippen molar-refractivity contribution < 1.29 is 4.79 Å². The molecule has 0 aromatic carbocycles. The van der Waals surface area contributed by atoms with E-state index in [1.54, 1.807) is 0 Å². The Morgan fingerprint density at radius 3 is 2.81 bits per heavy atom. The zero-order chi connectivity index (χ0) is 11.6. The molecule has 5 nitrogen and oxygen atoms in total. The largest absolute Gasteiger partial charge is 0.360 e. The van der Waals surface area contributed by atoms with E-state index in [2.05, 4.69) is 27.8 Å². The van der Waals surface area contributed by atoms with Gasteiger partial charge >= 0.3 is 0 Å². The van der Waals surface area contributed by atoms with Crippen LogP contribution in [0.1, 0.15) is 42.9 Å². The van der Waals surface area contributed by atoms with Gasteiger partial charge in [0.25, 0.3) is 5.91 Å². The Morgan fingerprint density at radius 2 is 2.25 bits per heavy atom. The molecule has 0 aliphatic heterocycles. The van der Waals surface area contributed by atoms with Crippen LogP contribution >= 0.6 is 11.3 Å². The van der Waals surface area contributed by atoms with Crippen LogP contribution in [0.4, 0.5) is 5.13 Å². The van der Waals surface area contributed by atoms with Crippen molar-refractivity contribution in [1.29, 1.82) is 0 Å². The van der Waals surface area contributed by atoms with Gasteiger partial charge in [-0.25, -0.2) is 0 Å². The van der Waals surface area contributed by atoms with Gasteiger partial charge in [-0.15, -0.1) is 10.2 Å². The maximum atomic E-state index is 11.8. The molecule has 0 atom stereocenters. The molecule has 1 heterocycles. The number of nitrogens with zero attached hydrogens (tertiary/aromatic N) is 2. The van der Waals surface area contributed by atoms with Gasteiger partial charge in [-0.2, -0.15) is 0 Å². The molecule has 0 unspecified atom stereocenters. The average Bonchev–Trinajstić information content (AvgIpc) is 2.64. The lowest BCUT2D eigenvalue weighted by molar-refractivity contribution is 0.0849. The summed E-state index contributed by atoms with van der Waals surface area (Å²) in [7, 11) is 0. The third kappa shape index (κ3) is 2.32. The number of amides is 1. The van der Waals surface area contributed by atoms with Crippen molar-refractivity contribution >= 4 is 22.4 Å². The summed E-state index contributed by atoms with van der Waals surface area (Å²) in [4.78, 5) is 11.8. The lowest BCUT2D eigenvalue weighted by atomic mass is 9.78. The Morgan fingerprint density at radius 1 is 1.50 bits per heavy atom. The van der Waals surface area contributed by atoms with E-state index >= 15 is 0 Å². The van der Waals surface area contributed by atoms with Crippen LogP contribution in [0.25, 0.3) is 0 Å². The van der Waals surface area contributed by atoms with Crippen molar-refractivity contribution in [1.82, 2.24) is 15.5 Å². The summed E-state index contributed by atoms with van der Waals surface area (Å²) in [5.74, 6) is -0.108. The molecule has 1 aromatic heterocycles. The number of hydrogen-bond acceptors (Lipinski definition) is 5. The maximum absolute atomic E-state index is 11.8. The highest BCUT2D eigenvalue weighted by molar-refractivity contribution is 7.17. The lowest BCUT2D eigenvalue weighted by Crippen LogP contribution is -2.50. The topological polar surface area (TPSA) is 66.9 Å². The van der Waals surface area contributed by atoms with E-state index < -0.39 is 0 Å². The first-order chi connectivity index (χ1) is 7.63. The van der Waals surface area contributed by atoms with Crippen LogP contribution < -0.4 is 10.6 Å². The summed E-state index contributed by atoms with van der Waals surface area (Å²) >= 11 is 1.30. The minimum absolute atomic E-state index is 0.0267. The van der Waals surface area contributed by atoms with Crippen molar-refractivity contribution in [2.75, 3.05) is 11.9 Å². The third-order valence-electron chi connectivity index (χ3n) is 2.82. The first-order valence-electron chi connectivity index (χ1n) is 5.53. The summed E-state index contributed by atoms with van der Waals surface area (Å²) in [6.07, 6.45) is 3.30. The van der Waals surface area contributed by atoms with Crippen LogP contribution in [0.15, 0.2) is 0 Å². The van der Waals surface area contributed by atoms with Gasteiger partial charge in [-0.3, -0.25) is 4.79 Å². The highest BCUT2D eigenvalue weighted by Crippen LogP contribution is 2.31. The summed E-state index contributed by atoms with van der Waals surface area (Å²) in [5, 5.41) is 14.9. The SMILES string of the molecule is CCNc1nnc(C(=O)NC2(C)CCC2)s1.